The van der Waals surface area contributed by atoms with Crippen molar-refractivity contribution >= 4 is 23.2 Å². The molecule has 0 saturated carbocycles. The Labute approximate surface area is 103 Å². The predicted octanol–water partition coefficient (Wildman–Crippen LogP) is 1.52. The Morgan fingerprint density at radius 3 is 2.94 bits per heavy atom. The van der Waals surface area contributed by atoms with E-state index in [-0.39, 0.29) is 0 Å². The summed E-state index contributed by atoms with van der Waals surface area (Å²) >= 11 is 0. The molecule has 1 amide bonds. The average molecular weight is 240 g/mol. The van der Waals surface area contributed by atoms with Crippen molar-refractivity contribution in [2.75, 3.05) is 0 Å². The number of carbonyl (C=O) groups is 1. The van der Waals surface area contributed by atoms with Crippen LogP contribution in [0, 0.1) is 0 Å². The molecule has 1 atom stereocenters. The van der Waals surface area contributed by atoms with Gasteiger partial charge in [-0.15, -0.1) is 0 Å². The lowest BCUT2D eigenvalue weighted by molar-refractivity contribution is 0.100. The van der Waals surface area contributed by atoms with Gasteiger partial charge in [0.1, 0.15) is 16.9 Å². The van der Waals surface area contributed by atoms with E-state index in [0.717, 1.165) is 5.52 Å². The minimum absolute atomic E-state index is 0.421. The third-order valence-corrected chi connectivity index (χ3v) is 3.11. The summed E-state index contributed by atoms with van der Waals surface area (Å²) in [4.78, 5) is 23.4. The molecule has 0 radical (unpaired) electrons. The van der Waals surface area contributed by atoms with Crippen LogP contribution in [-0.4, -0.2) is 22.1 Å². The maximum absolute atomic E-state index is 11.4. The number of carbonyl (C=O) groups excluding carboxylic acids is 1. The number of rotatable bonds is 2. The number of imidazole rings is 1. The maximum Gasteiger partial charge on any atom is 0.250 e. The molecule has 5 nitrogen and oxygen atoms in total. The van der Waals surface area contributed by atoms with Gasteiger partial charge in [0.15, 0.2) is 0 Å². The first-order valence-electron chi connectivity index (χ1n) is 5.62. The standard InChI is InChI=1S/C13H12N4O/c1-13(6-3-7-15-13)12-16-9-5-2-4-8(11(14)18)10(9)17-12/h2-7H,1H3,(H2,14,18)(H,16,17)/t13-/m0/s1. The van der Waals surface area contributed by atoms with Gasteiger partial charge in [-0.05, 0) is 31.2 Å². The summed E-state index contributed by atoms with van der Waals surface area (Å²) in [6.07, 6.45) is 5.57. The van der Waals surface area contributed by atoms with E-state index in [0.29, 0.717) is 16.9 Å². The molecule has 3 rings (SSSR count). The lowest BCUT2D eigenvalue weighted by Gasteiger charge is -2.14. The van der Waals surface area contributed by atoms with E-state index in [1.165, 1.54) is 0 Å². The number of primary amides is 1. The Balaban J connectivity index is 2.23. The third-order valence-electron chi connectivity index (χ3n) is 3.11. The SMILES string of the molecule is C[C@@]1(c2nc3c(C(N)=O)cccc3[nH]2)C=CC=N1. The number of hydrogen-bond donors (Lipinski definition) is 2. The van der Waals surface area contributed by atoms with Gasteiger partial charge in [-0.3, -0.25) is 9.79 Å². The summed E-state index contributed by atoms with van der Waals surface area (Å²) in [5.41, 5.74) is 6.65. The van der Waals surface area contributed by atoms with Gasteiger partial charge >= 0.3 is 0 Å². The first-order valence-corrected chi connectivity index (χ1v) is 5.62. The molecule has 5 heteroatoms. The summed E-state index contributed by atoms with van der Waals surface area (Å²) in [5.74, 6) is 0.227. The van der Waals surface area contributed by atoms with Crippen molar-refractivity contribution in [2.24, 2.45) is 10.7 Å². The molecule has 0 bridgehead atoms. The summed E-state index contributed by atoms with van der Waals surface area (Å²) in [7, 11) is 0. The van der Waals surface area contributed by atoms with Gasteiger partial charge in [-0.2, -0.15) is 0 Å². The van der Waals surface area contributed by atoms with Gasteiger partial charge in [-0.25, -0.2) is 4.98 Å². The number of para-hydroxylation sites is 1. The van der Waals surface area contributed by atoms with Crippen LogP contribution in [0.25, 0.3) is 11.0 Å². The van der Waals surface area contributed by atoms with E-state index in [9.17, 15) is 4.79 Å². The minimum atomic E-state index is -0.492. The van der Waals surface area contributed by atoms with E-state index in [4.69, 9.17) is 5.73 Å². The number of amides is 1. The number of nitrogens with one attached hydrogen (secondary N) is 1. The second-order valence-corrected chi connectivity index (χ2v) is 4.44. The quantitative estimate of drug-likeness (QED) is 0.834. The predicted molar refractivity (Wildman–Crippen MR) is 69.6 cm³/mol. The molecule has 2 aromatic rings. The average Bonchev–Trinajstić information content (AvgIpc) is 2.94. The molecule has 0 unspecified atom stereocenters. The molecule has 0 aliphatic carbocycles. The van der Waals surface area contributed by atoms with Crippen molar-refractivity contribution in [3.63, 3.8) is 0 Å². The maximum atomic E-state index is 11.4. The Morgan fingerprint density at radius 2 is 2.28 bits per heavy atom. The van der Waals surface area contributed by atoms with Crippen molar-refractivity contribution in [3.05, 3.63) is 41.7 Å². The molecule has 0 spiro atoms. The number of benzene rings is 1. The number of nitrogens with zero attached hydrogens (tertiary/aromatic N) is 2. The van der Waals surface area contributed by atoms with Crippen LogP contribution in [0.15, 0.2) is 35.3 Å². The Hall–Kier alpha value is -2.43. The number of nitrogens with two attached hydrogens (primary N) is 1. The summed E-state index contributed by atoms with van der Waals surface area (Å²) in [6, 6.07) is 5.32. The molecule has 1 aromatic heterocycles. The lowest BCUT2D eigenvalue weighted by atomic mass is 10.0. The number of H-pyrrole nitrogens is 1. The van der Waals surface area contributed by atoms with Gasteiger partial charge in [0.25, 0.3) is 5.91 Å². The molecule has 2 heterocycles. The van der Waals surface area contributed by atoms with E-state index in [2.05, 4.69) is 15.0 Å². The highest BCUT2D eigenvalue weighted by Gasteiger charge is 2.28. The smallest absolute Gasteiger partial charge is 0.250 e. The second kappa shape index (κ2) is 3.53. The van der Waals surface area contributed by atoms with Gasteiger partial charge in [0, 0.05) is 6.21 Å². The normalized spacial score (nSPS) is 21.8. The summed E-state index contributed by atoms with van der Waals surface area (Å²) in [6.45, 7) is 1.95. The number of aliphatic imine (C=N–C) groups is 1. The zero-order valence-corrected chi connectivity index (χ0v) is 9.84. The van der Waals surface area contributed by atoms with Crippen LogP contribution in [0.2, 0.25) is 0 Å². The molecule has 90 valence electrons. The molecule has 0 fully saturated rings. The van der Waals surface area contributed by atoms with Crippen molar-refractivity contribution in [3.8, 4) is 0 Å². The van der Waals surface area contributed by atoms with Crippen LogP contribution in [0.5, 0.6) is 0 Å². The van der Waals surface area contributed by atoms with E-state index >= 15 is 0 Å². The summed E-state index contributed by atoms with van der Waals surface area (Å²) in [5, 5.41) is 0. The zero-order valence-electron chi connectivity index (χ0n) is 9.84. The van der Waals surface area contributed by atoms with Crippen LogP contribution < -0.4 is 5.73 Å². The number of hydrogen-bond acceptors (Lipinski definition) is 3. The van der Waals surface area contributed by atoms with Crippen molar-refractivity contribution in [1.29, 1.82) is 0 Å². The molecule has 1 aromatic carbocycles. The van der Waals surface area contributed by atoms with Crippen molar-refractivity contribution in [2.45, 2.75) is 12.5 Å². The Morgan fingerprint density at radius 1 is 1.44 bits per heavy atom. The first-order chi connectivity index (χ1) is 8.60. The zero-order chi connectivity index (χ0) is 12.8. The fourth-order valence-corrected chi connectivity index (χ4v) is 2.08. The van der Waals surface area contributed by atoms with E-state index in [1.54, 1.807) is 18.3 Å². The number of fused-ring (bicyclic) bond motifs is 1. The number of aromatic amines is 1. The van der Waals surface area contributed by atoms with E-state index in [1.807, 2.05) is 25.1 Å². The lowest BCUT2D eigenvalue weighted by Crippen LogP contribution is -2.15. The van der Waals surface area contributed by atoms with Crippen LogP contribution in [0.4, 0.5) is 0 Å². The fourth-order valence-electron chi connectivity index (χ4n) is 2.08. The van der Waals surface area contributed by atoms with Crippen LogP contribution in [0.1, 0.15) is 23.1 Å². The molecule has 3 N–H and O–H groups in total. The highest BCUT2D eigenvalue weighted by molar-refractivity contribution is 6.04. The molecule has 18 heavy (non-hydrogen) atoms. The van der Waals surface area contributed by atoms with Crippen LogP contribution in [0.3, 0.4) is 0 Å². The van der Waals surface area contributed by atoms with E-state index < -0.39 is 11.4 Å². The topological polar surface area (TPSA) is 84.1 Å². The second-order valence-electron chi connectivity index (χ2n) is 4.44. The van der Waals surface area contributed by atoms with Crippen LogP contribution >= 0.6 is 0 Å². The fraction of sp³-hybridized carbons (Fsp3) is 0.154. The minimum Gasteiger partial charge on any atom is -0.366 e. The third kappa shape index (κ3) is 1.44. The molecular formula is C13H12N4O. The Bertz CT molecular complexity index is 684. The first kappa shape index (κ1) is 10.7. The number of allylic oxidation sites excluding steroid dienone is 1. The molecule has 0 saturated heterocycles. The molecular weight excluding hydrogens is 228 g/mol. The highest BCUT2D eigenvalue weighted by atomic mass is 16.1. The Kier molecular flexibility index (Phi) is 2.10. The van der Waals surface area contributed by atoms with Crippen LogP contribution in [-0.2, 0) is 5.54 Å². The van der Waals surface area contributed by atoms with Gasteiger partial charge in [-0.1, -0.05) is 6.07 Å². The molecule has 1 aliphatic rings. The molecule has 1 aliphatic heterocycles. The van der Waals surface area contributed by atoms with Crippen molar-refractivity contribution in [1.82, 2.24) is 9.97 Å². The largest absolute Gasteiger partial charge is 0.366 e. The van der Waals surface area contributed by atoms with Crippen molar-refractivity contribution < 1.29 is 4.79 Å². The van der Waals surface area contributed by atoms with Gasteiger partial charge < -0.3 is 10.7 Å². The monoisotopic (exact) mass is 240 g/mol. The van der Waals surface area contributed by atoms with Gasteiger partial charge in [0.2, 0.25) is 0 Å². The number of aromatic nitrogens is 2. The summed E-state index contributed by atoms with van der Waals surface area (Å²) < 4.78 is 0. The highest BCUT2D eigenvalue weighted by Crippen LogP contribution is 2.29. The van der Waals surface area contributed by atoms with Gasteiger partial charge in [0.05, 0.1) is 11.1 Å².